The number of hydrogen-bond donors (Lipinski definition) is 5. The molecular weight excluding hydrogens is 819 g/mol. The van der Waals surface area contributed by atoms with Crippen LogP contribution in [0.5, 0.6) is 0 Å². The van der Waals surface area contributed by atoms with Crippen LogP contribution in [0.2, 0.25) is 0 Å². The highest BCUT2D eigenvalue weighted by atomic mass is 32.2. The van der Waals surface area contributed by atoms with E-state index >= 15 is 0 Å². The predicted octanol–water partition coefficient (Wildman–Crippen LogP) is 5.36. The maximum Gasteiger partial charge on any atom is 0.411 e. The third-order valence-electron chi connectivity index (χ3n) is 8.54. The number of urea groups is 1. The summed E-state index contributed by atoms with van der Waals surface area (Å²) in [5.41, 5.74) is 0.876. The number of methoxy groups -OCH3 is 2. The second-order valence-corrected chi connectivity index (χ2v) is 14.2. The molecule has 0 saturated carbocycles. The summed E-state index contributed by atoms with van der Waals surface area (Å²) < 4.78 is 96.8. The van der Waals surface area contributed by atoms with E-state index in [2.05, 4.69) is 25.4 Å². The van der Waals surface area contributed by atoms with E-state index in [1.165, 1.54) is 60.5 Å². The van der Waals surface area contributed by atoms with E-state index in [4.69, 9.17) is 0 Å². The average molecular weight is 860 g/mol. The summed E-state index contributed by atoms with van der Waals surface area (Å²) >= 11 is 0. The number of benzene rings is 4. The minimum atomic E-state index is -5.06. The Balaban J connectivity index is 1.62. The smallest absolute Gasteiger partial charge is 0.411 e. The van der Waals surface area contributed by atoms with Gasteiger partial charge in [-0.05, 0) is 104 Å². The number of nitrogens with one attached hydrogen (secondary N) is 5. The molecule has 0 heterocycles. The Morgan fingerprint density at radius 1 is 0.600 bits per heavy atom. The molecule has 4 aromatic rings. The number of halogens is 4. The fourth-order valence-electron chi connectivity index (χ4n) is 5.93. The lowest BCUT2D eigenvalue weighted by atomic mass is 10.0. The molecule has 4 rings (SSSR count). The van der Waals surface area contributed by atoms with Gasteiger partial charge in [-0.1, -0.05) is 0 Å². The van der Waals surface area contributed by atoms with Crippen molar-refractivity contribution in [2.24, 2.45) is 0 Å². The van der Waals surface area contributed by atoms with Crippen LogP contribution in [-0.4, -0.2) is 77.8 Å². The molecule has 0 spiro atoms. The molecule has 6 amide bonds. The summed E-state index contributed by atoms with van der Waals surface area (Å²) in [6.45, 7) is 3.09. The molecule has 21 heteroatoms. The number of anilines is 4. The highest BCUT2D eigenvalue weighted by Crippen LogP contribution is 2.22. The lowest BCUT2D eigenvalue weighted by Crippen LogP contribution is -2.57. The summed E-state index contributed by atoms with van der Waals surface area (Å²) in [5.74, 6) is -5.77. The number of carbonyl (C=O) groups is 5. The first kappa shape index (κ1) is 46.0. The first-order valence-electron chi connectivity index (χ1n) is 18.0. The first-order chi connectivity index (χ1) is 28.4. The monoisotopic (exact) mass is 859 g/mol. The van der Waals surface area contributed by atoms with Crippen LogP contribution in [-0.2, 0) is 42.1 Å². The van der Waals surface area contributed by atoms with Gasteiger partial charge in [-0.2, -0.15) is 13.1 Å². The van der Waals surface area contributed by atoms with E-state index in [9.17, 15) is 50.0 Å². The molecule has 60 heavy (non-hydrogen) atoms. The van der Waals surface area contributed by atoms with Crippen LogP contribution in [0.15, 0.2) is 84.9 Å². The predicted molar refractivity (Wildman–Crippen MR) is 212 cm³/mol. The van der Waals surface area contributed by atoms with E-state index in [1.54, 1.807) is 18.6 Å². The maximum atomic E-state index is 14.2. The molecule has 2 atom stereocenters. The quantitative estimate of drug-likeness (QED) is 0.0919. The van der Waals surface area contributed by atoms with Gasteiger partial charge in [0.05, 0.1) is 14.2 Å². The Morgan fingerprint density at radius 2 is 0.967 bits per heavy atom. The Labute approximate surface area is 342 Å². The largest absolute Gasteiger partial charge is 0.453 e. The molecule has 0 aliphatic rings. The summed E-state index contributed by atoms with van der Waals surface area (Å²) in [4.78, 5) is 67.0. The van der Waals surface area contributed by atoms with Crippen molar-refractivity contribution >= 4 is 63.0 Å². The van der Waals surface area contributed by atoms with Crippen LogP contribution in [0.25, 0.3) is 0 Å². The zero-order valence-electron chi connectivity index (χ0n) is 32.6. The third kappa shape index (κ3) is 13.1. The highest BCUT2D eigenvalue weighted by molar-refractivity contribution is 7.88. The highest BCUT2D eigenvalue weighted by Gasteiger charge is 2.32. The van der Waals surface area contributed by atoms with Gasteiger partial charge in [-0.25, -0.2) is 36.7 Å². The number of amides is 6. The fraction of sp³-hybridized carbons (Fsp3) is 0.256. The van der Waals surface area contributed by atoms with Crippen LogP contribution in [0.1, 0.15) is 25.0 Å². The second-order valence-electron chi connectivity index (χ2n) is 12.8. The van der Waals surface area contributed by atoms with Crippen molar-refractivity contribution < 1.29 is 59.4 Å². The fourth-order valence-corrected chi connectivity index (χ4v) is 6.85. The number of rotatable bonds is 16. The van der Waals surface area contributed by atoms with Crippen molar-refractivity contribution in [1.29, 1.82) is 0 Å². The molecule has 4 aromatic carbocycles. The van der Waals surface area contributed by atoms with Gasteiger partial charge in [0.1, 0.15) is 35.4 Å². The van der Waals surface area contributed by atoms with Crippen molar-refractivity contribution in [3.63, 3.8) is 0 Å². The molecule has 0 saturated heterocycles. The van der Waals surface area contributed by atoms with E-state index in [0.717, 1.165) is 36.3 Å². The minimum absolute atomic E-state index is 0.0112. The molecule has 16 nitrogen and oxygen atoms in total. The Bertz CT molecular complexity index is 2260. The topological polar surface area (TPSA) is 205 Å². The number of likely N-dealkylation sites (N-methyl/N-ethyl adjacent to an activating group) is 2. The van der Waals surface area contributed by atoms with Crippen molar-refractivity contribution in [3.05, 3.63) is 119 Å². The Morgan fingerprint density at radius 3 is 1.33 bits per heavy atom. The SMILES string of the molecule is CCN(C(=O)C(Cc1cc(F)cc(F)c1)NC(=O)NS(=O)(=O)N[C@@H](Cc1cc(F)cc(F)c1)C(=O)N(CC)c1ccc(NC(=O)OC)cc1)c1ccc(NC(=O)OC)cc1. The standard InChI is InChI=1S/C39H41F4N7O9S/c1-5-49(31-11-7-29(8-12-31)44-38(54)58-3)35(51)33(19-23-15-25(40)21-26(41)16-23)46-37(53)48-60(56,57)47-34(20-24-17-27(42)22-28(43)18-24)36(52)50(6-2)32-13-9-30(10-14-32)45-39(55)59-4/h7-18,21-22,33-34,47H,5-6,19-20H2,1-4H3,(H,44,54)(H,45,55)(H2,46,48,53)/t33?,34-/m0/s1. The van der Waals surface area contributed by atoms with Gasteiger partial charge in [0.15, 0.2) is 0 Å². The Kier molecular flexibility index (Phi) is 15.9. The molecular formula is C39H41F4N7O9S. The maximum absolute atomic E-state index is 14.2. The van der Waals surface area contributed by atoms with Crippen molar-refractivity contribution in [2.45, 2.75) is 38.8 Å². The zero-order chi connectivity index (χ0) is 44.1. The second kappa shape index (κ2) is 20.8. The third-order valence-corrected chi connectivity index (χ3v) is 9.59. The lowest BCUT2D eigenvalue weighted by Gasteiger charge is -2.28. The summed E-state index contributed by atoms with van der Waals surface area (Å²) in [6, 6.07) is 11.3. The minimum Gasteiger partial charge on any atom is -0.453 e. The van der Waals surface area contributed by atoms with Crippen molar-refractivity contribution in [2.75, 3.05) is 47.7 Å². The van der Waals surface area contributed by atoms with Gasteiger partial charge in [0, 0.05) is 54.4 Å². The van der Waals surface area contributed by atoms with Crippen LogP contribution >= 0.6 is 0 Å². The summed E-state index contributed by atoms with van der Waals surface area (Å²) in [7, 11) is -2.73. The van der Waals surface area contributed by atoms with Gasteiger partial charge >= 0.3 is 28.4 Å². The average Bonchev–Trinajstić information content (AvgIpc) is 3.18. The molecule has 0 bridgehead atoms. The van der Waals surface area contributed by atoms with Crippen LogP contribution < -0.4 is 35.2 Å². The molecule has 0 radical (unpaired) electrons. The van der Waals surface area contributed by atoms with E-state index in [-0.39, 0.29) is 35.6 Å². The zero-order valence-corrected chi connectivity index (χ0v) is 33.4. The van der Waals surface area contributed by atoms with E-state index < -0.39 is 88.4 Å². The summed E-state index contributed by atoms with van der Waals surface area (Å²) in [5, 5.41) is 7.11. The van der Waals surface area contributed by atoms with Crippen molar-refractivity contribution in [1.82, 2.24) is 14.8 Å². The molecule has 320 valence electrons. The number of nitrogens with zero attached hydrogens (tertiary/aromatic N) is 2. The lowest BCUT2D eigenvalue weighted by molar-refractivity contribution is -0.120. The van der Waals surface area contributed by atoms with Gasteiger partial charge in [0.25, 0.3) is 0 Å². The normalized spacial score (nSPS) is 12.0. The molecule has 1 unspecified atom stereocenters. The first-order valence-corrected chi connectivity index (χ1v) is 19.5. The molecule has 0 fully saturated rings. The number of hydrogen-bond acceptors (Lipinski definition) is 9. The van der Waals surface area contributed by atoms with Gasteiger partial charge < -0.3 is 24.6 Å². The summed E-state index contributed by atoms with van der Waals surface area (Å²) in [6.07, 6.45) is -2.66. The van der Waals surface area contributed by atoms with Crippen LogP contribution in [0.4, 0.5) is 54.7 Å². The molecule has 5 N–H and O–H groups in total. The number of carbonyl (C=O) groups excluding carboxylic acids is 5. The van der Waals surface area contributed by atoms with Gasteiger partial charge in [-0.3, -0.25) is 20.2 Å². The van der Waals surface area contributed by atoms with E-state index in [1.807, 2.05) is 4.72 Å². The number of ether oxygens (including phenoxy) is 2. The van der Waals surface area contributed by atoms with Gasteiger partial charge in [0.2, 0.25) is 11.8 Å². The molecule has 0 aromatic heterocycles. The van der Waals surface area contributed by atoms with E-state index in [0.29, 0.717) is 23.5 Å². The van der Waals surface area contributed by atoms with Gasteiger partial charge in [-0.15, -0.1) is 0 Å². The van der Waals surface area contributed by atoms with Crippen LogP contribution in [0, 0.1) is 23.3 Å². The Hall–Kier alpha value is -6.74. The molecule has 0 aliphatic heterocycles. The van der Waals surface area contributed by atoms with Crippen LogP contribution in [0.3, 0.4) is 0 Å². The van der Waals surface area contributed by atoms with Crippen molar-refractivity contribution in [3.8, 4) is 0 Å². The molecule has 0 aliphatic carbocycles.